The lowest BCUT2D eigenvalue weighted by atomic mass is 10.3. The second-order valence-electron chi connectivity index (χ2n) is 5.07. The summed E-state index contributed by atoms with van der Waals surface area (Å²) in [5, 5.41) is 2.91. The number of piperazine rings is 1. The number of nitrogens with zero attached hydrogens (tertiary/aromatic N) is 3. The molecule has 0 radical (unpaired) electrons. The van der Waals surface area contributed by atoms with Gasteiger partial charge in [0.05, 0.1) is 4.91 Å². The zero-order valence-electron chi connectivity index (χ0n) is 11.6. The van der Waals surface area contributed by atoms with Gasteiger partial charge in [-0.1, -0.05) is 0 Å². The highest BCUT2D eigenvalue weighted by Crippen LogP contribution is 2.32. The second kappa shape index (κ2) is 5.71. The third kappa shape index (κ3) is 2.82. The lowest BCUT2D eigenvalue weighted by Crippen LogP contribution is -2.46. The normalized spacial score (nSPS) is 22.7. The van der Waals surface area contributed by atoms with Crippen molar-refractivity contribution in [2.45, 2.75) is 6.92 Å². The first-order chi connectivity index (χ1) is 9.63. The van der Waals surface area contributed by atoms with E-state index in [1.54, 1.807) is 11.3 Å². The summed E-state index contributed by atoms with van der Waals surface area (Å²) in [5.41, 5.74) is 1.21. The van der Waals surface area contributed by atoms with E-state index in [0.29, 0.717) is 0 Å². The van der Waals surface area contributed by atoms with Crippen LogP contribution in [0.2, 0.25) is 0 Å². The number of likely N-dealkylation sites (N-methyl/N-ethyl adjacent to an activating group) is 1. The molecule has 1 amide bonds. The Morgan fingerprint density at radius 3 is 2.70 bits per heavy atom. The van der Waals surface area contributed by atoms with Crippen LogP contribution in [-0.2, 0) is 4.79 Å². The molecule has 1 fully saturated rings. The van der Waals surface area contributed by atoms with Crippen LogP contribution in [0.1, 0.15) is 10.4 Å². The summed E-state index contributed by atoms with van der Waals surface area (Å²) in [6.07, 6.45) is 1.97. The molecule has 0 aromatic carbocycles. The van der Waals surface area contributed by atoms with E-state index in [-0.39, 0.29) is 5.91 Å². The quantitative estimate of drug-likeness (QED) is 0.746. The van der Waals surface area contributed by atoms with Crippen LogP contribution in [0.25, 0.3) is 6.08 Å². The minimum atomic E-state index is -0.100. The number of aryl methyl sites for hydroxylation is 1. The van der Waals surface area contributed by atoms with Gasteiger partial charge in [-0.3, -0.25) is 4.79 Å². The van der Waals surface area contributed by atoms with E-state index in [1.807, 2.05) is 11.5 Å². The summed E-state index contributed by atoms with van der Waals surface area (Å²) < 4.78 is 0. The molecule has 2 aliphatic heterocycles. The van der Waals surface area contributed by atoms with Crippen molar-refractivity contribution in [3.63, 3.8) is 0 Å². The summed E-state index contributed by atoms with van der Waals surface area (Å²) >= 11 is 3.17. The smallest absolute Gasteiger partial charge is 0.286 e. The SMILES string of the molecule is Cc1ccsc1/C=C1\SC(N2CCN(C)CC2)=NC1=O. The fourth-order valence-electron chi connectivity index (χ4n) is 2.18. The third-order valence-corrected chi connectivity index (χ3v) is 5.56. The summed E-state index contributed by atoms with van der Waals surface area (Å²) in [6, 6.07) is 2.07. The first kappa shape index (κ1) is 13.9. The Morgan fingerprint density at radius 1 is 1.30 bits per heavy atom. The monoisotopic (exact) mass is 307 g/mol. The van der Waals surface area contributed by atoms with Gasteiger partial charge in [0, 0.05) is 31.1 Å². The van der Waals surface area contributed by atoms with Gasteiger partial charge in [0.25, 0.3) is 5.91 Å². The number of thioether (sulfide) groups is 1. The Hall–Kier alpha value is -1.11. The van der Waals surface area contributed by atoms with Gasteiger partial charge >= 0.3 is 0 Å². The molecule has 3 rings (SSSR count). The Labute approximate surface area is 127 Å². The highest BCUT2D eigenvalue weighted by atomic mass is 32.2. The number of rotatable bonds is 1. The highest BCUT2D eigenvalue weighted by Gasteiger charge is 2.27. The number of hydrogen-bond donors (Lipinski definition) is 0. The van der Waals surface area contributed by atoms with E-state index in [4.69, 9.17) is 0 Å². The summed E-state index contributed by atoms with van der Waals surface area (Å²) in [5.74, 6) is -0.100. The molecular weight excluding hydrogens is 290 g/mol. The van der Waals surface area contributed by atoms with Crippen molar-refractivity contribution in [1.82, 2.24) is 9.80 Å². The number of hydrogen-bond acceptors (Lipinski definition) is 5. The summed E-state index contributed by atoms with van der Waals surface area (Å²) in [7, 11) is 2.12. The van der Waals surface area contributed by atoms with Crippen LogP contribution < -0.4 is 0 Å². The van der Waals surface area contributed by atoms with Crippen LogP contribution in [0, 0.1) is 6.92 Å². The van der Waals surface area contributed by atoms with E-state index >= 15 is 0 Å². The fraction of sp³-hybridized carbons (Fsp3) is 0.429. The molecule has 0 atom stereocenters. The van der Waals surface area contributed by atoms with Crippen LogP contribution in [0.3, 0.4) is 0 Å². The molecule has 1 aromatic rings. The molecular formula is C14H17N3OS2. The van der Waals surface area contributed by atoms with Crippen molar-refractivity contribution in [3.8, 4) is 0 Å². The van der Waals surface area contributed by atoms with E-state index in [1.165, 1.54) is 17.3 Å². The molecule has 0 N–H and O–H groups in total. The predicted octanol–water partition coefficient (Wildman–Crippen LogP) is 2.27. The van der Waals surface area contributed by atoms with Gasteiger partial charge in [-0.2, -0.15) is 4.99 Å². The van der Waals surface area contributed by atoms with Crippen molar-refractivity contribution in [1.29, 1.82) is 0 Å². The molecule has 0 bridgehead atoms. The second-order valence-corrected chi connectivity index (χ2v) is 7.03. The van der Waals surface area contributed by atoms with Crippen molar-refractivity contribution < 1.29 is 4.79 Å². The first-order valence-electron chi connectivity index (χ1n) is 6.63. The molecule has 0 spiro atoms. The van der Waals surface area contributed by atoms with Crippen LogP contribution in [-0.4, -0.2) is 54.1 Å². The molecule has 0 aliphatic carbocycles. The molecule has 2 aliphatic rings. The van der Waals surface area contributed by atoms with E-state index in [0.717, 1.165) is 41.1 Å². The predicted molar refractivity (Wildman–Crippen MR) is 86.1 cm³/mol. The standard InChI is InChI=1S/C14H17N3OS2/c1-10-3-8-19-11(10)9-12-13(18)15-14(20-12)17-6-4-16(2)5-7-17/h3,8-9H,4-7H2,1-2H3/b12-9-. The van der Waals surface area contributed by atoms with Gasteiger partial charge in [-0.05, 0) is 48.8 Å². The molecule has 6 heteroatoms. The van der Waals surface area contributed by atoms with Crippen LogP contribution >= 0.6 is 23.1 Å². The fourth-order valence-corrected chi connectivity index (χ4v) is 4.06. The number of carbonyl (C=O) groups is 1. The van der Waals surface area contributed by atoms with Crippen molar-refractivity contribution >= 4 is 40.2 Å². The molecule has 0 unspecified atom stereocenters. The van der Waals surface area contributed by atoms with Gasteiger partial charge in [0.2, 0.25) is 0 Å². The Kier molecular flexibility index (Phi) is 3.96. The Morgan fingerprint density at radius 2 is 2.05 bits per heavy atom. The molecule has 4 nitrogen and oxygen atoms in total. The van der Waals surface area contributed by atoms with Gasteiger partial charge < -0.3 is 9.80 Å². The minimum Gasteiger partial charge on any atom is -0.348 e. The van der Waals surface area contributed by atoms with E-state index < -0.39 is 0 Å². The summed E-state index contributed by atoms with van der Waals surface area (Å²) in [4.78, 5) is 22.6. The first-order valence-corrected chi connectivity index (χ1v) is 8.33. The van der Waals surface area contributed by atoms with E-state index in [9.17, 15) is 4.79 Å². The molecule has 20 heavy (non-hydrogen) atoms. The van der Waals surface area contributed by atoms with Gasteiger partial charge in [0.15, 0.2) is 5.17 Å². The maximum Gasteiger partial charge on any atom is 0.286 e. The van der Waals surface area contributed by atoms with Crippen LogP contribution in [0.4, 0.5) is 0 Å². The largest absolute Gasteiger partial charge is 0.348 e. The van der Waals surface area contributed by atoms with Crippen LogP contribution in [0.5, 0.6) is 0 Å². The number of amidine groups is 1. The van der Waals surface area contributed by atoms with Crippen molar-refractivity contribution in [2.24, 2.45) is 4.99 Å². The number of aliphatic imine (C=N–C) groups is 1. The maximum atomic E-state index is 12.0. The molecule has 3 heterocycles. The Balaban J connectivity index is 1.73. The molecule has 1 saturated heterocycles. The van der Waals surface area contributed by atoms with E-state index in [2.05, 4.69) is 34.8 Å². The molecule has 0 saturated carbocycles. The highest BCUT2D eigenvalue weighted by molar-refractivity contribution is 8.18. The molecule has 1 aromatic heterocycles. The van der Waals surface area contributed by atoms with Gasteiger partial charge in [-0.25, -0.2) is 0 Å². The third-order valence-electron chi connectivity index (χ3n) is 3.55. The summed E-state index contributed by atoms with van der Waals surface area (Å²) in [6.45, 7) is 6.00. The van der Waals surface area contributed by atoms with Gasteiger partial charge in [0.1, 0.15) is 0 Å². The zero-order valence-corrected chi connectivity index (χ0v) is 13.3. The molecule has 106 valence electrons. The topological polar surface area (TPSA) is 35.9 Å². The lowest BCUT2D eigenvalue weighted by Gasteiger charge is -2.32. The zero-order chi connectivity index (χ0) is 14.1. The number of carbonyl (C=O) groups excluding carboxylic acids is 1. The number of thiophene rings is 1. The van der Waals surface area contributed by atoms with Crippen molar-refractivity contribution in [2.75, 3.05) is 33.2 Å². The average molecular weight is 307 g/mol. The lowest BCUT2D eigenvalue weighted by molar-refractivity contribution is -0.113. The van der Waals surface area contributed by atoms with Gasteiger partial charge in [-0.15, -0.1) is 11.3 Å². The van der Waals surface area contributed by atoms with Crippen molar-refractivity contribution in [3.05, 3.63) is 26.8 Å². The maximum absolute atomic E-state index is 12.0. The minimum absolute atomic E-state index is 0.100. The number of amides is 1. The Bertz CT molecular complexity index is 583. The average Bonchev–Trinajstić information content (AvgIpc) is 2.99. The van der Waals surface area contributed by atoms with Crippen LogP contribution in [0.15, 0.2) is 21.3 Å².